The van der Waals surface area contributed by atoms with Crippen molar-refractivity contribution in [3.05, 3.63) is 12.3 Å². The van der Waals surface area contributed by atoms with Crippen LogP contribution in [0.1, 0.15) is 34.6 Å². The van der Waals surface area contributed by atoms with Gasteiger partial charge < -0.3 is 44.1 Å². The molecule has 0 radical (unpaired) electrons. The lowest BCUT2D eigenvalue weighted by Crippen LogP contribution is -2.11. The van der Waals surface area contributed by atoms with Crippen LogP contribution in [0.15, 0.2) is 12.3 Å². The highest BCUT2D eigenvalue weighted by molar-refractivity contribution is 4.65. The lowest BCUT2D eigenvalue weighted by atomic mass is 10.5. The van der Waals surface area contributed by atoms with Crippen LogP contribution < -0.4 is 0 Å². The van der Waals surface area contributed by atoms with Gasteiger partial charge in [0.15, 0.2) is 0 Å². The molecular weight excluding hydrogens is 384 g/mol. The molecule has 0 saturated heterocycles. The summed E-state index contributed by atoms with van der Waals surface area (Å²) in [7, 11) is 0. The first-order valence-electron chi connectivity index (χ1n) is 10.0. The Balaban J connectivity index is -0.000000164. The molecule has 0 fully saturated rings. The molecule has 0 amide bonds. The maximum Gasteiger partial charge on any atom is 0.0922 e. The van der Waals surface area contributed by atoms with Crippen LogP contribution in [0.5, 0.6) is 0 Å². The highest BCUT2D eigenvalue weighted by atomic mass is 16.5. The van der Waals surface area contributed by atoms with Gasteiger partial charge in [-0.15, -0.1) is 0 Å². The third-order valence-corrected chi connectivity index (χ3v) is 2.21. The normalized spacial score (nSPS) is 9.86. The summed E-state index contributed by atoms with van der Waals surface area (Å²) < 4.78 is 24.9. The van der Waals surface area contributed by atoms with Gasteiger partial charge in [-0.3, -0.25) is 0 Å². The number of hydrogen-bond donors (Lipinski definition) is 4. The molecule has 0 atom stereocenters. The molecule has 0 unspecified atom stereocenters. The Kier molecular flexibility index (Phi) is 51.1. The molecule has 0 spiro atoms. The van der Waals surface area contributed by atoms with Crippen LogP contribution in [-0.4, -0.2) is 106 Å². The molecule has 0 rings (SSSR count). The van der Waals surface area contributed by atoms with E-state index >= 15 is 0 Å². The molecule has 180 valence electrons. The molecule has 9 nitrogen and oxygen atoms in total. The van der Waals surface area contributed by atoms with Crippen LogP contribution in [-0.2, 0) is 23.7 Å². The molecule has 0 aromatic carbocycles. The van der Waals surface area contributed by atoms with Gasteiger partial charge in [0.1, 0.15) is 0 Å². The van der Waals surface area contributed by atoms with Gasteiger partial charge in [0.05, 0.1) is 78.4 Å². The summed E-state index contributed by atoms with van der Waals surface area (Å²) in [5.41, 5.74) is 0. The van der Waals surface area contributed by atoms with Crippen LogP contribution in [0.25, 0.3) is 0 Å². The second kappa shape index (κ2) is 41.6. The zero-order valence-electron chi connectivity index (χ0n) is 19.0. The lowest BCUT2D eigenvalue weighted by molar-refractivity contribution is 0.00230. The van der Waals surface area contributed by atoms with Gasteiger partial charge in [-0.2, -0.15) is 0 Å². The average molecular weight is 431 g/mol. The fourth-order valence-electron chi connectivity index (χ4n) is 1.11. The molecule has 0 aliphatic heterocycles. The summed E-state index contributed by atoms with van der Waals surface area (Å²) in [5.74, 6) is 0. The summed E-state index contributed by atoms with van der Waals surface area (Å²) in [5, 5.41) is 32.0. The van der Waals surface area contributed by atoms with Gasteiger partial charge in [-0.05, 0) is 34.6 Å². The molecular formula is C20H46O9. The van der Waals surface area contributed by atoms with E-state index in [1.807, 2.05) is 40.7 Å². The molecule has 9 heteroatoms. The molecule has 0 heterocycles. The van der Waals surface area contributed by atoms with Gasteiger partial charge in [0, 0.05) is 13.2 Å². The monoisotopic (exact) mass is 430 g/mol. The molecule has 0 aliphatic carbocycles. The molecule has 0 saturated carbocycles. The van der Waals surface area contributed by atoms with Crippen molar-refractivity contribution in [2.75, 3.05) is 79.3 Å². The number of hydrogen-bond acceptors (Lipinski definition) is 9. The molecule has 0 aliphatic rings. The van der Waals surface area contributed by atoms with E-state index in [-0.39, 0.29) is 26.4 Å². The summed E-state index contributed by atoms with van der Waals surface area (Å²) in [6.07, 6.45) is 3.89. The quantitative estimate of drug-likeness (QED) is 0.222. The lowest BCUT2D eigenvalue weighted by Gasteiger charge is -2.04. The van der Waals surface area contributed by atoms with Crippen molar-refractivity contribution in [2.24, 2.45) is 0 Å². The number of allylic oxidation sites excluding steroid dienone is 1. The van der Waals surface area contributed by atoms with Crippen LogP contribution >= 0.6 is 0 Å². The van der Waals surface area contributed by atoms with Gasteiger partial charge >= 0.3 is 0 Å². The minimum atomic E-state index is -0.125. The van der Waals surface area contributed by atoms with E-state index in [1.165, 1.54) is 0 Å². The Morgan fingerprint density at radius 3 is 1.17 bits per heavy atom. The van der Waals surface area contributed by atoms with Crippen LogP contribution in [0, 0.1) is 0 Å². The van der Waals surface area contributed by atoms with E-state index in [2.05, 4.69) is 0 Å². The first-order chi connectivity index (χ1) is 14.0. The number of ether oxygens (including phenoxy) is 5. The van der Waals surface area contributed by atoms with Crippen molar-refractivity contribution in [1.82, 2.24) is 0 Å². The minimum Gasteiger partial charge on any atom is -0.499 e. The van der Waals surface area contributed by atoms with Crippen LogP contribution in [0.4, 0.5) is 0 Å². The van der Waals surface area contributed by atoms with E-state index in [9.17, 15) is 0 Å². The Morgan fingerprint density at radius 2 is 1.00 bits per heavy atom. The van der Waals surface area contributed by atoms with E-state index in [0.29, 0.717) is 45.7 Å². The standard InChI is InChI=1S/C8H18O5.C6H12O.C4H10O.C2H6O2/c9-1-3-11-5-7-13-8-6-12-4-2-10;1-4-5-7-6(2)3;1-3-5-4-2;3-1-2-4/h9-10H,1-8H2;4-6H,1-3H3;3-4H2,1-2H3;3-4H,1-2H2/b;5-4+;;. The van der Waals surface area contributed by atoms with E-state index < -0.39 is 0 Å². The fourth-order valence-corrected chi connectivity index (χ4v) is 1.11. The predicted molar refractivity (Wildman–Crippen MR) is 114 cm³/mol. The highest BCUT2D eigenvalue weighted by Gasteiger charge is 1.90. The molecule has 0 bridgehead atoms. The van der Waals surface area contributed by atoms with E-state index in [1.54, 1.807) is 6.26 Å². The van der Waals surface area contributed by atoms with Crippen LogP contribution in [0.2, 0.25) is 0 Å². The van der Waals surface area contributed by atoms with Gasteiger partial charge in [0.25, 0.3) is 0 Å². The topological polar surface area (TPSA) is 127 Å². The number of aliphatic hydroxyl groups is 4. The Labute approximate surface area is 177 Å². The second-order valence-corrected chi connectivity index (χ2v) is 5.17. The fraction of sp³-hybridized carbons (Fsp3) is 0.900. The second-order valence-electron chi connectivity index (χ2n) is 5.17. The maximum absolute atomic E-state index is 8.36. The van der Waals surface area contributed by atoms with Crippen molar-refractivity contribution in [2.45, 2.75) is 40.7 Å². The summed E-state index contributed by atoms with van der Waals surface area (Å²) in [6, 6.07) is 0. The third kappa shape index (κ3) is 65.8. The highest BCUT2D eigenvalue weighted by Crippen LogP contribution is 1.86. The zero-order valence-corrected chi connectivity index (χ0v) is 19.0. The molecule has 29 heavy (non-hydrogen) atoms. The van der Waals surface area contributed by atoms with Crippen molar-refractivity contribution >= 4 is 0 Å². The largest absolute Gasteiger partial charge is 0.499 e. The SMILES string of the molecule is C/C=C/OC(C)C.CCOCC.OCCO.OCCOCCOCCOCCO. The molecule has 0 aromatic rings. The first kappa shape index (κ1) is 35.6. The van der Waals surface area contributed by atoms with Crippen molar-refractivity contribution in [1.29, 1.82) is 0 Å². The Hall–Kier alpha value is -0.780. The molecule has 4 N–H and O–H groups in total. The summed E-state index contributed by atoms with van der Waals surface area (Å²) >= 11 is 0. The van der Waals surface area contributed by atoms with Crippen molar-refractivity contribution < 1.29 is 44.1 Å². The maximum atomic E-state index is 8.36. The Morgan fingerprint density at radius 1 is 0.621 bits per heavy atom. The van der Waals surface area contributed by atoms with E-state index in [0.717, 1.165) is 13.2 Å². The minimum absolute atomic E-state index is 0.0413. The molecule has 0 aromatic heterocycles. The van der Waals surface area contributed by atoms with Gasteiger partial charge in [-0.25, -0.2) is 0 Å². The van der Waals surface area contributed by atoms with Crippen LogP contribution in [0.3, 0.4) is 0 Å². The Bertz CT molecular complexity index is 238. The number of aliphatic hydroxyl groups excluding tert-OH is 4. The smallest absolute Gasteiger partial charge is 0.0922 e. The summed E-state index contributed by atoms with van der Waals surface area (Å²) in [4.78, 5) is 0. The van der Waals surface area contributed by atoms with Crippen molar-refractivity contribution in [3.8, 4) is 0 Å². The zero-order chi connectivity index (χ0) is 23.0. The van der Waals surface area contributed by atoms with Gasteiger partial charge in [-0.1, -0.05) is 6.08 Å². The number of rotatable bonds is 15. The summed E-state index contributed by atoms with van der Waals surface area (Å²) in [6.45, 7) is 14.1. The van der Waals surface area contributed by atoms with Crippen molar-refractivity contribution in [3.63, 3.8) is 0 Å². The predicted octanol–water partition coefficient (Wildman–Crippen LogP) is 0.980. The third-order valence-electron chi connectivity index (χ3n) is 2.21. The van der Waals surface area contributed by atoms with E-state index in [4.69, 9.17) is 44.1 Å². The first-order valence-corrected chi connectivity index (χ1v) is 10.0. The van der Waals surface area contributed by atoms with Gasteiger partial charge in [0.2, 0.25) is 0 Å². The average Bonchev–Trinajstić information content (AvgIpc) is 2.73.